The number of carbonyl (C=O) groups is 2. The lowest BCUT2D eigenvalue weighted by Gasteiger charge is -2.17. The summed E-state index contributed by atoms with van der Waals surface area (Å²) in [6, 6.07) is 5.15. The van der Waals surface area contributed by atoms with E-state index in [2.05, 4.69) is 19.2 Å². The van der Waals surface area contributed by atoms with Crippen LogP contribution in [0.3, 0.4) is 0 Å². The van der Waals surface area contributed by atoms with Crippen molar-refractivity contribution < 1.29 is 26.9 Å². The van der Waals surface area contributed by atoms with Gasteiger partial charge in [-0.2, -0.15) is 8.42 Å². The van der Waals surface area contributed by atoms with Gasteiger partial charge in [-0.3, -0.25) is 9.59 Å². The Labute approximate surface area is 263 Å². The lowest BCUT2D eigenvalue weighted by atomic mass is 10.1. The van der Waals surface area contributed by atoms with Crippen molar-refractivity contribution in [2.24, 2.45) is 0 Å². The van der Waals surface area contributed by atoms with Crippen molar-refractivity contribution in [1.29, 1.82) is 0 Å². The molecule has 1 atom stereocenters. The van der Waals surface area contributed by atoms with Crippen molar-refractivity contribution in [3.8, 4) is 0 Å². The fraction of sp³-hybridized carbons (Fsp3) is 0.771. The summed E-state index contributed by atoms with van der Waals surface area (Å²) in [6.45, 7) is 7.14. The molecule has 0 saturated heterocycles. The molecule has 0 aromatic heterocycles. The number of ether oxygens (including phenoxy) is 1. The first-order chi connectivity index (χ1) is 20.8. The molecule has 0 fully saturated rings. The molecule has 8 heteroatoms. The summed E-state index contributed by atoms with van der Waals surface area (Å²) in [4.78, 5) is 25.4. The highest BCUT2D eigenvalue weighted by molar-refractivity contribution is 7.87. The minimum atomic E-state index is -4.26. The van der Waals surface area contributed by atoms with Crippen LogP contribution >= 0.6 is 0 Å². The van der Waals surface area contributed by atoms with Crippen LogP contribution in [0.1, 0.15) is 154 Å². The highest BCUT2D eigenvalue weighted by Gasteiger charge is 2.27. The van der Waals surface area contributed by atoms with Crippen molar-refractivity contribution in [1.82, 2.24) is 5.32 Å². The minimum Gasteiger partial charge on any atom is -0.465 e. The Hall–Kier alpha value is -1.93. The highest BCUT2D eigenvalue weighted by Crippen LogP contribution is 2.16. The van der Waals surface area contributed by atoms with Crippen molar-refractivity contribution in [3.63, 3.8) is 0 Å². The van der Waals surface area contributed by atoms with Crippen LogP contribution in [0.25, 0.3) is 0 Å². The zero-order valence-corrected chi connectivity index (χ0v) is 28.3. The van der Waals surface area contributed by atoms with Crippen LogP contribution in [-0.2, 0) is 28.6 Å². The lowest BCUT2D eigenvalue weighted by Crippen LogP contribution is -2.41. The predicted molar refractivity (Wildman–Crippen MR) is 176 cm³/mol. The third kappa shape index (κ3) is 20.6. The first-order valence-electron chi connectivity index (χ1n) is 17.2. The number of nitrogens with one attached hydrogen (secondary N) is 1. The molecule has 0 aliphatic carbocycles. The quantitative estimate of drug-likeness (QED) is 0.0565. The van der Waals surface area contributed by atoms with E-state index in [9.17, 15) is 18.0 Å². The van der Waals surface area contributed by atoms with E-state index in [-0.39, 0.29) is 4.90 Å². The number of unbranched alkanes of at least 4 members (excludes halogenated alkanes) is 18. The highest BCUT2D eigenvalue weighted by atomic mass is 32.2. The molecule has 43 heavy (non-hydrogen) atoms. The van der Waals surface area contributed by atoms with Gasteiger partial charge in [0.2, 0.25) is 0 Å². The van der Waals surface area contributed by atoms with E-state index in [4.69, 9.17) is 8.92 Å². The van der Waals surface area contributed by atoms with Gasteiger partial charge in [0.05, 0.1) is 13.0 Å². The van der Waals surface area contributed by atoms with E-state index >= 15 is 0 Å². The molecule has 0 radical (unpaired) electrons. The monoisotopic (exact) mass is 623 g/mol. The van der Waals surface area contributed by atoms with Gasteiger partial charge in [-0.05, 0) is 38.4 Å². The molecular formula is C35H61NO6S. The zero-order chi connectivity index (χ0) is 31.6. The van der Waals surface area contributed by atoms with Gasteiger partial charge in [0, 0.05) is 0 Å². The normalized spacial score (nSPS) is 12.3. The van der Waals surface area contributed by atoms with Gasteiger partial charge in [0.1, 0.15) is 10.9 Å². The summed E-state index contributed by atoms with van der Waals surface area (Å²) >= 11 is 0. The van der Waals surface area contributed by atoms with Gasteiger partial charge < -0.3 is 14.2 Å². The molecule has 0 unspecified atom stereocenters. The SMILES string of the molecule is CCCCCCCCCCCCN[C@@H](CC(=O)OS(=O)(=O)c1ccc(C)cc1)C(=O)OCCCCCCCCCCCC. The topological polar surface area (TPSA) is 98.8 Å². The Kier molecular flexibility index (Phi) is 23.1. The Morgan fingerprint density at radius 3 is 1.60 bits per heavy atom. The number of carbonyl (C=O) groups excluding carboxylic acids is 2. The molecule has 0 aliphatic heterocycles. The average Bonchev–Trinajstić information content (AvgIpc) is 2.97. The van der Waals surface area contributed by atoms with E-state index in [1.807, 2.05) is 6.92 Å². The second kappa shape index (κ2) is 25.4. The van der Waals surface area contributed by atoms with Crippen molar-refractivity contribution in [3.05, 3.63) is 29.8 Å². The van der Waals surface area contributed by atoms with Crippen LogP contribution in [0, 0.1) is 6.92 Å². The molecule has 0 spiro atoms. The summed E-state index contributed by atoms with van der Waals surface area (Å²) in [5, 5.41) is 3.13. The summed E-state index contributed by atoms with van der Waals surface area (Å²) in [6.07, 6.45) is 23.5. The van der Waals surface area contributed by atoms with Gasteiger partial charge in [-0.25, -0.2) is 0 Å². The second-order valence-corrected chi connectivity index (χ2v) is 13.5. The first-order valence-corrected chi connectivity index (χ1v) is 18.6. The van der Waals surface area contributed by atoms with Crippen molar-refractivity contribution in [2.75, 3.05) is 13.2 Å². The molecule has 0 heterocycles. The van der Waals surface area contributed by atoms with Gasteiger partial charge in [-0.1, -0.05) is 147 Å². The minimum absolute atomic E-state index is 0.0927. The predicted octanol–water partition coefficient (Wildman–Crippen LogP) is 8.96. The molecule has 1 aromatic carbocycles. The maximum atomic E-state index is 12.9. The second-order valence-electron chi connectivity index (χ2n) is 12.0. The molecule has 0 saturated carbocycles. The fourth-order valence-corrected chi connectivity index (χ4v) is 5.94. The van der Waals surface area contributed by atoms with E-state index in [1.165, 1.54) is 102 Å². The number of esters is 1. The average molecular weight is 624 g/mol. The molecule has 7 nitrogen and oxygen atoms in total. The zero-order valence-electron chi connectivity index (χ0n) is 27.5. The van der Waals surface area contributed by atoms with E-state index in [0.717, 1.165) is 44.1 Å². The van der Waals surface area contributed by atoms with Gasteiger partial charge in [0.15, 0.2) is 0 Å². The molecule has 0 aliphatic rings. The van der Waals surface area contributed by atoms with Crippen LogP contribution in [-0.4, -0.2) is 39.5 Å². The first kappa shape index (κ1) is 39.1. The van der Waals surface area contributed by atoms with E-state index < -0.39 is 34.5 Å². The molecule has 1 aromatic rings. The number of rotatable bonds is 28. The third-order valence-electron chi connectivity index (χ3n) is 7.83. The lowest BCUT2D eigenvalue weighted by molar-refractivity contribution is -0.149. The van der Waals surface area contributed by atoms with E-state index in [0.29, 0.717) is 13.2 Å². The standard InChI is InChI=1S/C35H61NO6S/c1-4-6-8-10-12-14-16-18-20-22-28-36-33(30-34(37)42-43(39,40)32-26-24-31(3)25-27-32)35(38)41-29-23-21-19-17-15-13-11-9-7-5-2/h24-27,33,36H,4-23,28-30H2,1-3H3/t33-/m0/s1. The Bertz CT molecular complexity index is 948. The fourth-order valence-electron chi connectivity index (χ4n) is 5.07. The molecule has 248 valence electrons. The summed E-state index contributed by atoms with van der Waals surface area (Å²) in [7, 11) is -4.26. The number of benzene rings is 1. The molecule has 1 N–H and O–H groups in total. The maximum absolute atomic E-state index is 12.9. The van der Waals surface area contributed by atoms with Gasteiger partial charge in [-0.15, -0.1) is 0 Å². The Balaban J connectivity index is 2.46. The van der Waals surface area contributed by atoms with Gasteiger partial charge >= 0.3 is 22.1 Å². The molecule has 1 rings (SSSR count). The van der Waals surface area contributed by atoms with Crippen molar-refractivity contribution in [2.45, 2.75) is 167 Å². The third-order valence-corrected chi connectivity index (χ3v) is 9.09. The molecule has 0 amide bonds. The molecule has 0 bridgehead atoms. The smallest absolute Gasteiger partial charge is 0.341 e. The summed E-state index contributed by atoms with van der Waals surface area (Å²) in [5.41, 5.74) is 0.895. The summed E-state index contributed by atoms with van der Waals surface area (Å²) in [5.74, 6) is -1.51. The van der Waals surface area contributed by atoms with Crippen LogP contribution < -0.4 is 5.32 Å². The van der Waals surface area contributed by atoms with Crippen LogP contribution in [0.15, 0.2) is 29.2 Å². The number of hydrogen-bond acceptors (Lipinski definition) is 7. The largest absolute Gasteiger partial charge is 0.465 e. The number of hydrogen-bond donors (Lipinski definition) is 1. The van der Waals surface area contributed by atoms with Crippen molar-refractivity contribution >= 4 is 22.1 Å². The van der Waals surface area contributed by atoms with Gasteiger partial charge in [0.25, 0.3) is 0 Å². The maximum Gasteiger partial charge on any atom is 0.341 e. The number of aryl methyl sites for hydroxylation is 1. The van der Waals surface area contributed by atoms with Crippen LogP contribution in [0.2, 0.25) is 0 Å². The summed E-state index contributed by atoms with van der Waals surface area (Å²) < 4.78 is 35.5. The Morgan fingerprint density at radius 2 is 1.12 bits per heavy atom. The van der Waals surface area contributed by atoms with Crippen LogP contribution in [0.4, 0.5) is 0 Å². The van der Waals surface area contributed by atoms with Crippen LogP contribution in [0.5, 0.6) is 0 Å². The molecular weight excluding hydrogens is 562 g/mol. The Morgan fingerprint density at radius 1 is 0.674 bits per heavy atom. The van der Waals surface area contributed by atoms with E-state index in [1.54, 1.807) is 12.1 Å².